The number of fused-ring (bicyclic) bond motifs is 1. The molecular formula is C32H44N6O6S. The molecule has 45 heavy (non-hydrogen) atoms. The number of ether oxygens (including phenoxy) is 2. The Kier molecular flexibility index (Phi) is 10.6. The van der Waals surface area contributed by atoms with E-state index >= 15 is 0 Å². The Bertz CT molecular complexity index is 1580. The van der Waals surface area contributed by atoms with Gasteiger partial charge >= 0.3 is 5.97 Å². The molecule has 2 aliphatic rings. The number of likely N-dealkylation sites (N-methyl/N-ethyl adjacent to an activating group) is 1. The maximum atomic E-state index is 13.2. The minimum Gasteiger partial charge on any atom is -0.493 e. The van der Waals surface area contributed by atoms with E-state index in [2.05, 4.69) is 10.3 Å². The van der Waals surface area contributed by atoms with Crippen LogP contribution < -0.4 is 10.1 Å². The molecule has 1 saturated carbocycles. The number of sulfone groups is 1. The Morgan fingerprint density at radius 1 is 1.04 bits per heavy atom. The van der Waals surface area contributed by atoms with Gasteiger partial charge in [-0.3, -0.25) is 14.5 Å². The van der Waals surface area contributed by atoms with E-state index in [1.54, 1.807) is 11.1 Å². The lowest BCUT2D eigenvalue weighted by Gasteiger charge is -2.36. The van der Waals surface area contributed by atoms with Crippen LogP contribution in [-0.2, 0) is 24.2 Å². The van der Waals surface area contributed by atoms with Crippen molar-refractivity contribution >= 4 is 38.6 Å². The highest BCUT2D eigenvalue weighted by Crippen LogP contribution is 2.30. The molecular weight excluding hydrogens is 596 g/mol. The second-order valence-electron chi connectivity index (χ2n) is 12.4. The number of rotatable bonds is 12. The topological polar surface area (TPSA) is 136 Å². The zero-order chi connectivity index (χ0) is 32.0. The molecule has 244 valence electrons. The summed E-state index contributed by atoms with van der Waals surface area (Å²) in [6.45, 7) is 1.84. The molecule has 1 saturated heterocycles. The largest absolute Gasteiger partial charge is 0.493 e. The number of aromatic nitrogens is 3. The van der Waals surface area contributed by atoms with Gasteiger partial charge in [-0.05, 0) is 70.5 Å². The van der Waals surface area contributed by atoms with Crippen molar-refractivity contribution in [3.63, 3.8) is 0 Å². The standard InChI is InChI=1S/C32H44N6O6S/c1-36(2)22-30(39)44-25-13-17-37(18-14-25)31(40)23-8-10-24(11-9-23)34-32-33-16-12-29(35-32)38-19-15-26-27(38)6-4-7-28(26)43-20-5-21-45(3,41)42/h4,6-7,12,15-16,19,23-25H,5,8-11,13-14,17-18,20-22H2,1-3H3,(H,33,34,35)/t23-,24-. The highest BCUT2D eigenvalue weighted by Gasteiger charge is 2.32. The van der Waals surface area contributed by atoms with Crippen LogP contribution in [0.3, 0.4) is 0 Å². The molecule has 12 nitrogen and oxygen atoms in total. The molecule has 1 aromatic carbocycles. The maximum absolute atomic E-state index is 13.2. The molecule has 0 radical (unpaired) electrons. The summed E-state index contributed by atoms with van der Waals surface area (Å²) in [4.78, 5) is 38.2. The van der Waals surface area contributed by atoms with E-state index in [-0.39, 0.29) is 42.2 Å². The van der Waals surface area contributed by atoms with Gasteiger partial charge in [0.15, 0.2) is 0 Å². The second-order valence-corrected chi connectivity index (χ2v) is 14.6. The lowest BCUT2D eigenvalue weighted by molar-refractivity contribution is -0.153. The molecule has 13 heteroatoms. The fraction of sp³-hybridized carbons (Fsp3) is 0.562. The number of carbonyl (C=O) groups is 2. The second kappa shape index (κ2) is 14.6. The number of anilines is 1. The first kappa shape index (κ1) is 32.7. The van der Waals surface area contributed by atoms with Gasteiger partial charge in [0.1, 0.15) is 27.5 Å². The van der Waals surface area contributed by atoms with Crippen LogP contribution in [0.1, 0.15) is 44.9 Å². The molecule has 1 N–H and O–H groups in total. The molecule has 0 unspecified atom stereocenters. The van der Waals surface area contributed by atoms with Crippen LogP contribution in [0.15, 0.2) is 42.7 Å². The number of hydrogen-bond donors (Lipinski definition) is 1. The van der Waals surface area contributed by atoms with Crippen molar-refractivity contribution in [3.8, 4) is 11.6 Å². The van der Waals surface area contributed by atoms with E-state index in [1.165, 1.54) is 6.26 Å². The van der Waals surface area contributed by atoms with Crippen LogP contribution in [-0.4, -0.2) is 109 Å². The number of hydrogen-bond acceptors (Lipinski definition) is 10. The number of piperidine rings is 1. The summed E-state index contributed by atoms with van der Waals surface area (Å²) >= 11 is 0. The van der Waals surface area contributed by atoms with Crippen molar-refractivity contribution in [1.29, 1.82) is 0 Å². The molecule has 2 fully saturated rings. The summed E-state index contributed by atoms with van der Waals surface area (Å²) in [5, 5.41) is 4.40. The molecule has 1 aliphatic heterocycles. The van der Waals surface area contributed by atoms with E-state index in [1.807, 2.05) is 60.1 Å². The third kappa shape index (κ3) is 8.94. The first-order valence-corrected chi connectivity index (χ1v) is 17.8. The minimum absolute atomic E-state index is 0.0113. The van der Waals surface area contributed by atoms with E-state index in [4.69, 9.17) is 14.5 Å². The summed E-state index contributed by atoms with van der Waals surface area (Å²) in [5.74, 6) is 2.06. The quantitative estimate of drug-likeness (QED) is 0.232. The molecule has 1 amide bonds. The van der Waals surface area contributed by atoms with Gasteiger partial charge < -0.3 is 24.3 Å². The number of esters is 1. The summed E-state index contributed by atoms with van der Waals surface area (Å²) < 4.78 is 36.3. The molecule has 0 spiro atoms. The number of carbonyl (C=O) groups excluding carboxylic acids is 2. The Morgan fingerprint density at radius 3 is 2.51 bits per heavy atom. The van der Waals surface area contributed by atoms with Gasteiger partial charge in [-0.2, -0.15) is 4.98 Å². The molecule has 5 rings (SSSR count). The molecule has 3 aromatic rings. The zero-order valence-corrected chi connectivity index (χ0v) is 27.2. The van der Waals surface area contributed by atoms with Crippen LogP contribution in [0.2, 0.25) is 0 Å². The van der Waals surface area contributed by atoms with Crippen LogP contribution >= 0.6 is 0 Å². The Hall–Kier alpha value is -3.71. The summed E-state index contributed by atoms with van der Waals surface area (Å²) in [6.07, 6.45) is 9.92. The normalized spacial score (nSPS) is 19.5. The van der Waals surface area contributed by atoms with Gasteiger partial charge in [0.2, 0.25) is 11.9 Å². The van der Waals surface area contributed by atoms with Gasteiger partial charge in [-0.15, -0.1) is 0 Å². The van der Waals surface area contributed by atoms with Crippen molar-refractivity contribution in [1.82, 2.24) is 24.3 Å². The third-order valence-electron chi connectivity index (χ3n) is 8.40. The highest BCUT2D eigenvalue weighted by molar-refractivity contribution is 7.90. The van der Waals surface area contributed by atoms with E-state index in [9.17, 15) is 18.0 Å². The Balaban J connectivity index is 1.12. The molecule has 0 atom stereocenters. The predicted molar refractivity (Wildman–Crippen MR) is 172 cm³/mol. The van der Waals surface area contributed by atoms with E-state index in [0.717, 1.165) is 42.4 Å². The Morgan fingerprint density at radius 2 is 1.80 bits per heavy atom. The Labute approximate surface area is 265 Å². The number of benzene rings is 1. The van der Waals surface area contributed by atoms with Gasteiger partial charge in [0, 0.05) is 61.9 Å². The predicted octanol–water partition coefficient (Wildman–Crippen LogP) is 3.30. The summed E-state index contributed by atoms with van der Waals surface area (Å²) in [5.41, 5.74) is 0.926. The van der Waals surface area contributed by atoms with Crippen LogP contribution in [0, 0.1) is 5.92 Å². The van der Waals surface area contributed by atoms with Gasteiger partial charge in [-0.1, -0.05) is 6.07 Å². The molecule has 2 aromatic heterocycles. The first-order chi connectivity index (χ1) is 21.6. The third-order valence-corrected chi connectivity index (χ3v) is 9.43. The van der Waals surface area contributed by atoms with Gasteiger partial charge in [-0.25, -0.2) is 13.4 Å². The molecule has 1 aliphatic carbocycles. The maximum Gasteiger partial charge on any atom is 0.320 e. The lowest BCUT2D eigenvalue weighted by atomic mass is 9.85. The SMILES string of the molecule is CN(C)CC(=O)OC1CCN(C(=O)[C@H]2CC[C@H](Nc3nccc(-n4ccc5c(OCCCS(C)(=O)=O)cccc54)n3)CC2)CC1. The number of likely N-dealkylation sites (tertiary alicyclic amines) is 1. The van der Waals surface area contributed by atoms with Crippen molar-refractivity contribution in [2.75, 3.05) is 57.7 Å². The number of nitrogens with zero attached hydrogens (tertiary/aromatic N) is 5. The van der Waals surface area contributed by atoms with Gasteiger partial charge in [0.25, 0.3) is 0 Å². The van der Waals surface area contributed by atoms with Crippen LogP contribution in [0.5, 0.6) is 5.75 Å². The number of nitrogens with one attached hydrogen (secondary N) is 1. The minimum atomic E-state index is -3.02. The van der Waals surface area contributed by atoms with Crippen molar-refractivity contribution < 1.29 is 27.5 Å². The summed E-state index contributed by atoms with van der Waals surface area (Å²) in [6, 6.07) is 9.79. The highest BCUT2D eigenvalue weighted by atomic mass is 32.2. The van der Waals surface area contributed by atoms with Crippen LogP contribution in [0.4, 0.5) is 5.95 Å². The van der Waals surface area contributed by atoms with Crippen LogP contribution in [0.25, 0.3) is 16.7 Å². The fourth-order valence-corrected chi connectivity index (χ4v) is 6.76. The van der Waals surface area contributed by atoms with Crippen molar-refractivity contribution in [3.05, 3.63) is 42.7 Å². The van der Waals surface area contributed by atoms with E-state index in [0.29, 0.717) is 50.7 Å². The summed E-state index contributed by atoms with van der Waals surface area (Å²) in [7, 11) is 0.655. The molecule has 0 bridgehead atoms. The monoisotopic (exact) mass is 640 g/mol. The average Bonchev–Trinajstić information content (AvgIpc) is 3.44. The lowest BCUT2D eigenvalue weighted by Crippen LogP contribution is -2.45. The fourth-order valence-electron chi connectivity index (χ4n) is 6.12. The number of amides is 1. The van der Waals surface area contributed by atoms with Gasteiger partial charge in [0.05, 0.1) is 24.4 Å². The van der Waals surface area contributed by atoms with Crippen molar-refractivity contribution in [2.24, 2.45) is 5.92 Å². The average molecular weight is 641 g/mol. The molecule has 3 heterocycles. The van der Waals surface area contributed by atoms with E-state index < -0.39 is 9.84 Å². The smallest absolute Gasteiger partial charge is 0.320 e. The zero-order valence-electron chi connectivity index (χ0n) is 26.4. The first-order valence-electron chi connectivity index (χ1n) is 15.7. The van der Waals surface area contributed by atoms with Crippen molar-refractivity contribution in [2.45, 2.75) is 57.1 Å².